The SMILES string of the molecule is CC(C)C1OC(COc2ccccc2)CN1Cc1ccco1. The van der Waals surface area contributed by atoms with Gasteiger partial charge in [-0.1, -0.05) is 32.0 Å². The summed E-state index contributed by atoms with van der Waals surface area (Å²) in [7, 11) is 0. The highest BCUT2D eigenvalue weighted by Crippen LogP contribution is 2.25. The molecule has 2 atom stereocenters. The summed E-state index contributed by atoms with van der Waals surface area (Å²) in [6, 6.07) is 13.8. The quantitative estimate of drug-likeness (QED) is 0.817. The molecule has 4 nitrogen and oxygen atoms in total. The lowest BCUT2D eigenvalue weighted by Gasteiger charge is -2.24. The van der Waals surface area contributed by atoms with Crippen molar-refractivity contribution in [1.29, 1.82) is 0 Å². The first kappa shape index (κ1) is 15.1. The van der Waals surface area contributed by atoms with Crippen molar-refractivity contribution in [3.05, 3.63) is 54.5 Å². The van der Waals surface area contributed by atoms with Crippen LogP contribution in [-0.4, -0.2) is 30.4 Å². The Hall–Kier alpha value is -1.78. The van der Waals surface area contributed by atoms with Gasteiger partial charge >= 0.3 is 0 Å². The number of hydrogen-bond donors (Lipinski definition) is 0. The molecule has 0 N–H and O–H groups in total. The molecule has 0 amide bonds. The summed E-state index contributed by atoms with van der Waals surface area (Å²) in [5.74, 6) is 2.28. The van der Waals surface area contributed by atoms with Crippen LogP contribution in [0.1, 0.15) is 19.6 Å². The first-order valence-corrected chi connectivity index (χ1v) is 7.82. The predicted molar refractivity (Wildman–Crippen MR) is 84.6 cm³/mol. The summed E-state index contributed by atoms with van der Waals surface area (Å²) in [5.41, 5.74) is 0. The van der Waals surface area contributed by atoms with Crippen molar-refractivity contribution in [2.75, 3.05) is 13.2 Å². The van der Waals surface area contributed by atoms with E-state index in [1.165, 1.54) is 0 Å². The highest BCUT2D eigenvalue weighted by molar-refractivity contribution is 5.20. The maximum absolute atomic E-state index is 6.17. The molecule has 1 aromatic carbocycles. The molecular formula is C18H23NO3. The molecule has 4 heteroatoms. The van der Waals surface area contributed by atoms with Crippen molar-refractivity contribution in [2.24, 2.45) is 5.92 Å². The minimum Gasteiger partial charge on any atom is -0.491 e. The highest BCUT2D eigenvalue weighted by Gasteiger charge is 2.35. The first-order valence-electron chi connectivity index (χ1n) is 7.82. The average molecular weight is 301 g/mol. The van der Waals surface area contributed by atoms with Crippen LogP contribution in [0.15, 0.2) is 53.1 Å². The Bertz CT molecular complexity index is 553. The summed E-state index contributed by atoms with van der Waals surface area (Å²) in [6.07, 6.45) is 1.91. The molecule has 1 aromatic heterocycles. The molecule has 0 bridgehead atoms. The Kier molecular flexibility index (Phi) is 4.80. The van der Waals surface area contributed by atoms with Crippen LogP contribution in [0.3, 0.4) is 0 Å². The first-order chi connectivity index (χ1) is 10.7. The molecule has 2 heterocycles. The van der Waals surface area contributed by atoms with Crippen LogP contribution in [0, 0.1) is 5.92 Å². The lowest BCUT2D eigenvalue weighted by molar-refractivity contribution is -0.0442. The van der Waals surface area contributed by atoms with E-state index in [0.717, 1.165) is 24.6 Å². The average Bonchev–Trinajstić information content (AvgIpc) is 3.16. The largest absolute Gasteiger partial charge is 0.491 e. The van der Waals surface area contributed by atoms with Gasteiger partial charge in [0.15, 0.2) is 0 Å². The minimum absolute atomic E-state index is 0.0857. The maximum Gasteiger partial charge on any atom is 0.119 e. The molecule has 22 heavy (non-hydrogen) atoms. The van der Waals surface area contributed by atoms with Crippen LogP contribution in [0.4, 0.5) is 0 Å². The summed E-state index contributed by atoms with van der Waals surface area (Å²) < 4.78 is 17.5. The third-order valence-corrected chi connectivity index (χ3v) is 3.82. The fraction of sp³-hybridized carbons (Fsp3) is 0.444. The van der Waals surface area contributed by atoms with E-state index in [2.05, 4.69) is 18.7 Å². The Labute approximate surface area is 131 Å². The fourth-order valence-corrected chi connectivity index (χ4v) is 2.83. The normalized spacial score (nSPS) is 22.3. The van der Waals surface area contributed by atoms with E-state index in [0.29, 0.717) is 12.5 Å². The zero-order valence-corrected chi connectivity index (χ0v) is 13.1. The number of rotatable bonds is 6. The van der Waals surface area contributed by atoms with Crippen LogP contribution < -0.4 is 4.74 Å². The zero-order chi connectivity index (χ0) is 15.4. The van der Waals surface area contributed by atoms with Crippen LogP contribution in [0.5, 0.6) is 5.75 Å². The number of ether oxygens (including phenoxy) is 2. The Morgan fingerprint density at radius 3 is 2.68 bits per heavy atom. The zero-order valence-electron chi connectivity index (χ0n) is 13.1. The van der Waals surface area contributed by atoms with Crippen molar-refractivity contribution in [3.63, 3.8) is 0 Å². The molecule has 1 aliphatic heterocycles. The monoisotopic (exact) mass is 301 g/mol. The third kappa shape index (κ3) is 3.70. The molecule has 0 spiro atoms. The molecule has 2 aromatic rings. The van der Waals surface area contributed by atoms with E-state index in [-0.39, 0.29) is 12.3 Å². The summed E-state index contributed by atoms with van der Waals surface area (Å²) in [4.78, 5) is 2.32. The van der Waals surface area contributed by atoms with E-state index in [1.807, 2.05) is 42.5 Å². The minimum atomic E-state index is 0.0857. The lowest BCUT2D eigenvalue weighted by atomic mass is 10.2. The van der Waals surface area contributed by atoms with Crippen molar-refractivity contribution < 1.29 is 13.9 Å². The van der Waals surface area contributed by atoms with Crippen molar-refractivity contribution in [1.82, 2.24) is 4.90 Å². The standard InChI is InChI=1S/C18H23NO3/c1-14(2)18-19(11-16-9-6-10-20-16)12-17(22-18)13-21-15-7-4-3-5-8-15/h3-10,14,17-18H,11-13H2,1-2H3. The molecule has 1 aliphatic rings. The molecule has 1 saturated heterocycles. The van der Waals surface area contributed by atoms with E-state index < -0.39 is 0 Å². The fourth-order valence-electron chi connectivity index (χ4n) is 2.83. The molecule has 0 aliphatic carbocycles. The molecule has 3 rings (SSSR count). The van der Waals surface area contributed by atoms with Crippen molar-refractivity contribution in [2.45, 2.75) is 32.7 Å². The van der Waals surface area contributed by atoms with E-state index >= 15 is 0 Å². The van der Waals surface area contributed by atoms with Gasteiger partial charge in [0, 0.05) is 6.54 Å². The van der Waals surface area contributed by atoms with Gasteiger partial charge < -0.3 is 13.9 Å². The van der Waals surface area contributed by atoms with Gasteiger partial charge in [0.25, 0.3) is 0 Å². The molecule has 0 radical (unpaired) electrons. The number of hydrogen-bond acceptors (Lipinski definition) is 4. The van der Waals surface area contributed by atoms with Gasteiger partial charge in [-0.3, -0.25) is 4.90 Å². The molecule has 118 valence electrons. The second-order valence-corrected chi connectivity index (χ2v) is 6.03. The van der Waals surface area contributed by atoms with Gasteiger partial charge in [-0.2, -0.15) is 0 Å². The van der Waals surface area contributed by atoms with E-state index in [9.17, 15) is 0 Å². The van der Waals surface area contributed by atoms with Crippen molar-refractivity contribution in [3.8, 4) is 5.75 Å². The number of benzene rings is 1. The Balaban J connectivity index is 1.58. The second-order valence-electron chi connectivity index (χ2n) is 6.03. The topological polar surface area (TPSA) is 34.8 Å². The van der Waals surface area contributed by atoms with Gasteiger partial charge in [-0.15, -0.1) is 0 Å². The third-order valence-electron chi connectivity index (χ3n) is 3.82. The summed E-state index contributed by atoms with van der Waals surface area (Å²) in [5, 5.41) is 0. The predicted octanol–water partition coefficient (Wildman–Crippen LogP) is 3.54. The molecule has 0 saturated carbocycles. The number of furan rings is 1. The summed E-state index contributed by atoms with van der Waals surface area (Å²) >= 11 is 0. The number of para-hydroxylation sites is 1. The van der Waals surface area contributed by atoms with Crippen LogP contribution in [0.2, 0.25) is 0 Å². The Morgan fingerprint density at radius 1 is 1.18 bits per heavy atom. The summed E-state index contributed by atoms with van der Waals surface area (Å²) in [6.45, 7) is 6.57. The van der Waals surface area contributed by atoms with Gasteiger partial charge in [0.05, 0.1) is 12.8 Å². The van der Waals surface area contributed by atoms with Gasteiger partial charge in [-0.05, 0) is 30.2 Å². The molecule has 2 unspecified atom stereocenters. The smallest absolute Gasteiger partial charge is 0.119 e. The maximum atomic E-state index is 6.17. The highest BCUT2D eigenvalue weighted by atomic mass is 16.6. The second kappa shape index (κ2) is 6.99. The van der Waals surface area contributed by atoms with E-state index in [4.69, 9.17) is 13.9 Å². The van der Waals surface area contributed by atoms with E-state index in [1.54, 1.807) is 6.26 Å². The number of nitrogens with zero attached hydrogens (tertiary/aromatic N) is 1. The van der Waals surface area contributed by atoms with Crippen LogP contribution in [-0.2, 0) is 11.3 Å². The molecule has 1 fully saturated rings. The van der Waals surface area contributed by atoms with Gasteiger partial charge in [0.2, 0.25) is 0 Å². The van der Waals surface area contributed by atoms with Crippen molar-refractivity contribution >= 4 is 0 Å². The molecular weight excluding hydrogens is 278 g/mol. The lowest BCUT2D eigenvalue weighted by Crippen LogP contribution is -2.33. The van der Waals surface area contributed by atoms with Crippen LogP contribution >= 0.6 is 0 Å². The van der Waals surface area contributed by atoms with Gasteiger partial charge in [-0.25, -0.2) is 0 Å². The van der Waals surface area contributed by atoms with Gasteiger partial charge in [0.1, 0.15) is 30.4 Å². The van der Waals surface area contributed by atoms with Crippen LogP contribution in [0.25, 0.3) is 0 Å². The Morgan fingerprint density at radius 2 is 2.00 bits per heavy atom.